The van der Waals surface area contributed by atoms with Gasteiger partial charge in [-0.15, -0.1) is 0 Å². The summed E-state index contributed by atoms with van der Waals surface area (Å²) in [6.07, 6.45) is 0. The Morgan fingerprint density at radius 1 is 1.43 bits per heavy atom. The maximum Gasteiger partial charge on any atom is 0.225 e. The molecule has 0 atom stereocenters. The van der Waals surface area contributed by atoms with Crippen LogP contribution in [0.25, 0.3) is 10.2 Å². The van der Waals surface area contributed by atoms with E-state index in [1.807, 2.05) is 20.8 Å². The van der Waals surface area contributed by atoms with E-state index in [2.05, 4.69) is 15.2 Å². The van der Waals surface area contributed by atoms with Gasteiger partial charge in [-0.3, -0.25) is 4.79 Å². The summed E-state index contributed by atoms with van der Waals surface area (Å²) in [4.78, 5) is 18.5. The second-order valence-electron chi connectivity index (χ2n) is 6.43. The molecule has 1 amide bonds. The molecule has 21 heavy (non-hydrogen) atoms. The Balaban J connectivity index is 1.64. The topological polar surface area (TPSA) is 45.2 Å². The first-order chi connectivity index (χ1) is 9.83. The predicted molar refractivity (Wildman–Crippen MR) is 83.2 cm³/mol. The number of benzene rings is 1. The highest BCUT2D eigenvalue weighted by molar-refractivity contribution is 7.22. The smallest absolute Gasteiger partial charge is 0.225 e. The molecule has 1 saturated heterocycles. The molecule has 1 fully saturated rings. The molecule has 3 rings (SSSR count). The number of hydrogen-bond acceptors (Lipinski definition) is 4. The van der Waals surface area contributed by atoms with Gasteiger partial charge in [0.2, 0.25) is 5.91 Å². The lowest BCUT2D eigenvalue weighted by molar-refractivity contribution is -0.129. The monoisotopic (exact) mass is 307 g/mol. The first kappa shape index (κ1) is 14.3. The van der Waals surface area contributed by atoms with Crippen LogP contribution in [-0.4, -0.2) is 30.0 Å². The summed E-state index contributed by atoms with van der Waals surface area (Å²) in [5.74, 6) is -0.171. The van der Waals surface area contributed by atoms with Crippen LogP contribution >= 0.6 is 11.3 Å². The van der Waals surface area contributed by atoms with Gasteiger partial charge >= 0.3 is 0 Å². The maximum absolute atomic E-state index is 13.2. The molecule has 1 aliphatic heterocycles. The van der Waals surface area contributed by atoms with Crippen LogP contribution in [-0.2, 0) is 4.79 Å². The second kappa shape index (κ2) is 4.94. The molecule has 0 saturated carbocycles. The summed E-state index contributed by atoms with van der Waals surface area (Å²) in [6.45, 7) is 7.22. The number of rotatable bonds is 2. The Morgan fingerprint density at radius 2 is 2.14 bits per heavy atom. The number of carbonyl (C=O) groups excluding carboxylic acids is 1. The van der Waals surface area contributed by atoms with Crippen molar-refractivity contribution in [1.29, 1.82) is 0 Å². The second-order valence-corrected chi connectivity index (χ2v) is 7.44. The summed E-state index contributed by atoms with van der Waals surface area (Å²) in [5, 5.41) is 3.92. The van der Waals surface area contributed by atoms with Gasteiger partial charge in [0, 0.05) is 18.5 Å². The molecule has 1 aliphatic rings. The fourth-order valence-electron chi connectivity index (χ4n) is 2.15. The number of anilines is 1. The van der Waals surface area contributed by atoms with Crippen LogP contribution < -0.4 is 10.2 Å². The standard InChI is InChI=1S/C15H18FN3OS/c1-15(2,3)13(20)17-10-7-19(8-10)14-18-11-5-4-9(16)6-12(11)21-14/h4-6,10H,7-8H2,1-3H3,(H,17,20). The predicted octanol–water partition coefficient (Wildman–Crippen LogP) is 2.79. The minimum absolute atomic E-state index is 0.0681. The highest BCUT2D eigenvalue weighted by Crippen LogP contribution is 2.31. The van der Waals surface area contributed by atoms with Gasteiger partial charge < -0.3 is 10.2 Å². The average molecular weight is 307 g/mol. The van der Waals surface area contributed by atoms with Crippen LogP contribution in [0.5, 0.6) is 0 Å². The number of amides is 1. The number of nitrogens with one attached hydrogen (secondary N) is 1. The van der Waals surface area contributed by atoms with E-state index in [1.54, 1.807) is 6.07 Å². The third kappa shape index (κ3) is 2.85. The van der Waals surface area contributed by atoms with E-state index < -0.39 is 0 Å². The number of carbonyl (C=O) groups is 1. The quantitative estimate of drug-likeness (QED) is 0.928. The molecule has 1 aromatic carbocycles. The van der Waals surface area contributed by atoms with E-state index in [4.69, 9.17) is 0 Å². The van der Waals surface area contributed by atoms with Crippen molar-refractivity contribution in [2.75, 3.05) is 18.0 Å². The molecule has 2 heterocycles. The zero-order chi connectivity index (χ0) is 15.2. The number of halogens is 1. The number of thiazole rings is 1. The molecule has 0 aliphatic carbocycles. The Hall–Kier alpha value is -1.69. The van der Waals surface area contributed by atoms with Crippen molar-refractivity contribution in [3.8, 4) is 0 Å². The average Bonchev–Trinajstić information content (AvgIpc) is 2.73. The van der Waals surface area contributed by atoms with E-state index in [9.17, 15) is 9.18 Å². The summed E-state index contributed by atoms with van der Waals surface area (Å²) < 4.78 is 14.0. The normalized spacial score (nSPS) is 16.1. The summed E-state index contributed by atoms with van der Waals surface area (Å²) in [5.41, 5.74) is 0.451. The fraction of sp³-hybridized carbons (Fsp3) is 0.467. The minimum Gasteiger partial charge on any atom is -0.349 e. The zero-order valence-corrected chi connectivity index (χ0v) is 13.1. The third-order valence-corrected chi connectivity index (χ3v) is 4.59. The van der Waals surface area contributed by atoms with Crippen molar-refractivity contribution in [1.82, 2.24) is 10.3 Å². The van der Waals surface area contributed by atoms with Crippen LogP contribution in [0.3, 0.4) is 0 Å². The van der Waals surface area contributed by atoms with Crippen LogP contribution in [0.1, 0.15) is 20.8 Å². The van der Waals surface area contributed by atoms with Crippen molar-refractivity contribution < 1.29 is 9.18 Å². The molecule has 6 heteroatoms. The van der Waals surface area contributed by atoms with Gasteiger partial charge in [0.15, 0.2) is 5.13 Å². The van der Waals surface area contributed by atoms with Crippen molar-refractivity contribution >= 4 is 32.6 Å². The zero-order valence-electron chi connectivity index (χ0n) is 12.3. The first-order valence-corrected chi connectivity index (χ1v) is 7.76. The summed E-state index contributed by atoms with van der Waals surface area (Å²) >= 11 is 1.48. The van der Waals surface area contributed by atoms with E-state index in [-0.39, 0.29) is 23.2 Å². The molecule has 0 spiro atoms. The first-order valence-electron chi connectivity index (χ1n) is 6.95. The van der Waals surface area contributed by atoms with Gasteiger partial charge in [-0.1, -0.05) is 32.1 Å². The molecule has 0 radical (unpaired) electrons. The van der Waals surface area contributed by atoms with Gasteiger partial charge in [0.1, 0.15) is 5.82 Å². The van der Waals surface area contributed by atoms with Gasteiger partial charge in [-0.2, -0.15) is 0 Å². The molecule has 2 aromatic rings. The fourth-order valence-corrected chi connectivity index (χ4v) is 3.16. The SMILES string of the molecule is CC(C)(C)C(=O)NC1CN(c2nc3ccc(F)cc3s2)C1. The molecular formula is C15H18FN3OS. The van der Waals surface area contributed by atoms with E-state index in [0.717, 1.165) is 28.4 Å². The number of aromatic nitrogens is 1. The summed E-state index contributed by atoms with van der Waals surface area (Å²) in [6, 6.07) is 4.80. The van der Waals surface area contributed by atoms with Crippen LogP contribution in [0.2, 0.25) is 0 Å². The van der Waals surface area contributed by atoms with Crippen molar-refractivity contribution in [3.05, 3.63) is 24.0 Å². The Morgan fingerprint density at radius 3 is 2.81 bits per heavy atom. The van der Waals surface area contributed by atoms with Gasteiger partial charge in [0.05, 0.1) is 16.3 Å². The van der Waals surface area contributed by atoms with E-state index in [1.165, 1.54) is 23.5 Å². The van der Waals surface area contributed by atoms with Crippen molar-refractivity contribution in [3.63, 3.8) is 0 Å². The molecule has 0 bridgehead atoms. The number of hydrogen-bond donors (Lipinski definition) is 1. The lowest BCUT2D eigenvalue weighted by Gasteiger charge is -2.40. The van der Waals surface area contributed by atoms with Gasteiger partial charge in [0.25, 0.3) is 0 Å². The highest BCUT2D eigenvalue weighted by Gasteiger charge is 2.32. The van der Waals surface area contributed by atoms with Crippen molar-refractivity contribution in [2.45, 2.75) is 26.8 Å². The Labute approximate surface area is 127 Å². The third-order valence-electron chi connectivity index (χ3n) is 3.51. The van der Waals surface area contributed by atoms with Gasteiger partial charge in [-0.05, 0) is 18.2 Å². The Bertz CT molecular complexity index is 686. The minimum atomic E-state index is -0.367. The molecule has 4 nitrogen and oxygen atoms in total. The van der Waals surface area contributed by atoms with Gasteiger partial charge in [-0.25, -0.2) is 9.37 Å². The van der Waals surface area contributed by atoms with Crippen LogP contribution in [0.4, 0.5) is 9.52 Å². The maximum atomic E-state index is 13.2. The van der Waals surface area contributed by atoms with Crippen LogP contribution in [0, 0.1) is 11.2 Å². The largest absolute Gasteiger partial charge is 0.349 e. The van der Waals surface area contributed by atoms with Crippen molar-refractivity contribution in [2.24, 2.45) is 5.41 Å². The highest BCUT2D eigenvalue weighted by atomic mass is 32.1. The number of nitrogens with zero attached hydrogens (tertiary/aromatic N) is 2. The van der Waals surface area contributed by atoms with E-state index >= 15 is 0 Å². The molecule has 1 N–H and O–H groups in total. The van der Waals surface area contributed by atoms with E-state index in [0.29, 0.717) is 0 Å². The molecule has 1 aromatic heterocycles. The lowest BCUT2D eigenvalue weighted by Crippen LogP contribution is -2.60. The Kier molecular flexibility index (Phi) is 3.36. The molecule has 112 valence electrons. The van der Waals surface area contributed by atoms with Crippen LogP contribution in [0.15, 0.2) is 18.2 Å². The lowest BCUT2D eigenvalue weighted by atomic mass is 9.94. The summed E-state index contributed by atoms with van der Waals surface area (Å²) in [7, 11) is 0. The number of fused-ring (bicyclic) bond motifs is 1. The molecular weight excluding hydrogens is 289 g/mol. The molecule has 0 unspecified atom stereocenters.